The number of nitrogens with zero attached hydrogens (tertiary/aromatic N) is 2. The van der Waals surface area contributed by atoms with E-state index in [9.17, 15) is 21.6 Å². The zero-order chi connectivity index (χ0) is 19.7. The first kappa shape index (κ1) is 20.6. The molecule has 8 heteroatoms. The Morgan fingerprint density at radius 2 is 1.67 bits per heavy atom. The topological polar surface area (TPSA) is 40.6 Å². The number of hydrogen-bond acceptors (Lipinski definition) is 3. The first-order chi connectivity index (χ1) is 12.7. The van der Waals surface area contributed by atoms with E-state index >= 15 is 0 Å². The summed E-state index contributed by atoms with van der Waals surface area (Å²) in [6, 6.07) is 4.02. The minimum Gasteiger partial charge on any atom is -0.303 e. The average molecular weight is 404 g/mol. The van der Waals surface area contributed by atoms with Crippen molar-refractivity contribution in [3.05, 3.63) is 29.8 Å². The zero-order valence-corrected chi connectivity index (χ0v) is 16.4. The Bertz CT molecular complexity index is 736. The summed E-state index contributed by atoms with van der Waals surface area (Å²) in [7, 11) is -3.89. The van der Waals surface area contributed by atoms with Crippen LogP contribution >= 0.6 is 0 Å². The summed E-state index contributed by atoms with van der Waals surface area (Å²) in [6.07, 6.45) is -0.621. The molecule has 3 rings (SSSR count). The summed E-state index contributed by atoms with van der Waals surface area (Å²) >= 11 is 0. The van der Waals surface area contributed by atoms with E-state index in [4.69, 9.17) is 0 Å². The molecule has 0 radical (unpaired) electrons. The summed E-state index contributed by atoms with van der Waals surface area (Å²) in [5.74, 6) is 1.23. The van der Waals surface area contributed by atoms with Crippen LogP contribution in [0.5, 0.6) is 0 Å². The van der Waals surface area contributed by atoms with Gasteiger partial charge in [-0.3, -0.25) is 0 Å². The maximum atomic E-state index is 12.9. The molecule has 0 atom stereocenters. The Hall–Kier alpha value is -1.12. The van der Waals surface area contributed by atoms with Gasteiger partial charge in [-0.05, 0) is 68.8 Å². The van der Waals surface area contributed by atoms with Crippen molar-refractivity contribution in [3.63, 3.8) is 0 Å². The van der Waals surface area contributed by atoms with Crippen LogP contribution < -0.4 is 0 Å². The highest BCUT2D eigenvalue weighted by molar-refractivity contribution is 7.89. The Balaban J connectivity index is 1.60. The number of likely N-dealkylation sites (tertiary alicyclic amines) is 1. The lowest BCUT2D eigenvalue weighted by Crippen LogP contribution is -2.43. The van der Waals surface area contributed by atoms with Gasteiger partial charge in [-0.1, -0.05) is 13.0 Å². The van der Waals surface area contributed by atoms with Gasteiger partial charge in [-0.15, -0.1) is 0 Å². The zero-order valence-electron chi connectivity index (χ0n) is 15.6. The molecule has 27 heavy (non-hydrogen) atoms. The molecule has 1 aromatic rings. The second-order valence-corrected chi connectivity index (χ2v) is 9.79. The standard InChI is InChI=1S/C19H27F3N2O2S/c1-15-5-9-23(10-6-15)14-16-7-11-24(12-8-16)27(25,26)18-4-2-3-17(13-18)19(20,21)22/h2-4,13,15-16H,5-12,14H2,1H3. The molecule has 0 N–H and O–H groups in total. The molecule has 0 spiro atoms. The molecule has 1 aromatic carbocycles. The molecule has 0 amide bonds. The van der Waals surface area contributed by atoms with Gasteiger partial charge < -0.3 is 4.90 Å². The molecule has 2 saturated heterocycles. The highest BCUT2D eigenvalue weighted by atomic mass is 32.2. The van der Waals surface area contributed by atoms with Gasteiger partial charge in [0, 0.05) is 19.6 Å². The number of alkyl halides is 3. The third kappa shape index (κ3) is 5.03. The van der Waals surface area contributed by atoms with E-state index in [1.807, 2.05) is 0 Å². The first-order valence-corrected chi connectivity index (χ1v) is 11.0. The van der Waals surface area contributed by atoms with Crippen LogP contribution in [0.15, 0.2) is 29.2 Å². The molecule has 2 aliphatic heterocycles. The van der Waals surface area contributed by atoms with Gasteiger partial charge >= 0.3 is 6.18 Å². The molecular weight excluding hydrogens is 377 g/mol. The van der Waals surface area contributed by atoms with Crippen molar-refractivity contribution in [2.24, 2.45) is 11.8 Å². The fourth-order valence-corrected chi connectivity index (χ4v) is 5.44. The van der Waals surface area contributed by atoms with Crippen molar-refractivity contribution in [2.75, 3.05) is 32.7 Å². The van der Waals surface area contributed by atoms with Crippen molar-refractivity contribution in [2.45, 2.75) is 43.7 Å². The Kier molecular flexibility index (Phi) is 6.17. The highest BCUT2D eigenvalue weighted by Crippen LogP contribution is 2.32. The van der Waals surface area contributed by atoms with Crippen molar-refractivity contribution >= 4 is 10.0 Å². The van der Waals surface area contributed by atoms with E-state index < -0.39 is 21.8 Å². The Morgan fingerprint density at radius 1 is 1.04 bits per heavy atom. The van der Waals surface area contributed by atoms with Gasteiger partial charge in [0.1, 0.15) is 0 Å². The fraction of sp³-hybridized carbons (Fsp3) is 0.684. The van der Waals surface area contributed by atoms with E-state index in [2.05, 4.69) is 11.8 Å². The van der Waals surface area contributed by atoms with Gasteiger partial charge in [0.15, 0.2) is 0 Å². The second kappa shape index (κ2) is 8.09. The Morgan fingerprint density at radius 3 is 2.26 bits per heavy atom. The number of piperidine rings is 2. The maximum absolute atomic E-state index is 12.9. The summed E-state index contributed by atoms with van der Waals surface area (Å²) in [6.45, 7) is 6.20. The number of sulfonamides is 1. The lowest BCUT2D eigenvalue weighted by Gasteiger charge is -2.36. The van der Waals surface area contributed by atoms with Crippen LogP contribution in [-0.2, 0) is 16.2 Å². The lowest BCUT2D eigenvalue weighted by atomic mass is 9.94. The summed E-state index contributed by atoms with van der Waals surface area (Å²) < 4.78 is 65.5. The molecule has 0 saturated carbocycles. The summed E-state index contributed by atoms with van der Waals surface area (Å²) in [4.78, 5) is 2.18. The molecule has 2 heterocycles. The summed E-state index contributed by atoms with van der Waals surface area (Å²) in [5.41, 5.74) is -0.933. The smallest absolute Gasteiger partial charge is 0.303 e. The van der Waals surface area contributed by atoms with E-state index in [0.29, 0.717) is 19.0 Å². The maximum Gasteiger partial charge on any atom is 0.416 e. The van der Waals surface area contributed by atoms with E-state index in [1.165, 1.54) is 23.2 Å². The third-order valence-electron chi connectivity index (χ3n) is 5.77. The number of hydrogen-bond donors (Lipinski definition) is 0. The van der Waals surface area contributed by atoms with Gasteiger partial charge in [0.25, 0.3) is 0 Å². The molecular formula is C19H27F3N2O2S. The first-order valence-electron chi connectivity index (χ1n) is 9.56. The number of rotatable bonds is 4. The minimum atomic E-state index is -4.55. The van der Waals surface area contributed by atoms with Crippen LogP contribution in [0.25, 0.3) is 0 Å². The van der Waals surface area contributed by atoms with Gasteiger partial charge in [-0.25, -0.2) is 8.42 Å². The van der Waals surface area contributed by atoms with Crippen molar-refractivity contribution in [1.29, 1.82) is 0 Å². The molecule has 0 bridgehead atoms. The molecule has 2 aliphatic rings. The van der Waals surface area contributed by atoms with Gasteiger partial charge in [-0.2, -0.15) is 17.5 Å². The van der Waals surface area contributed by atoms with E-state index in [1.54, 1.807) is 0 Å². The summed E-state index contributed by atoms with van der Waals surface area (Å²) in [5, 5.41) is 0. The van der Waals surface area contributed by atoms with Crippen LogP contribution in [0.1, 0.15) is 38.2 Å². The predicted molar refractivity (Wildman–Crippen MR) is 97.8 cm³/mol. The Labute approximate surface area is 159 Å². The SMILES string of the molecule is CC1CCN(CC2CCN(S(=O)(=O)c3cccc(C(F)(F)F)c3)CC2)CC1. The second-order valence-electron chi connectivity index (χ2n) is 7.86. The molecule has 2 fully saturated rings. The van der Waals surface area contributed by atoms with Crippen molar-refractivity contribution < 1.29 is 21.6 Å². The third-order valence-corrected chi connectivity index (χ3v) is 7.66. The highest BCUT2D eigenvalue weighted by Gasteiger charge is 2.34. The molecule has 0 aliphatic carbocycles. The monoisotopic (exact) mass is 404 g/mol. The molecule has 152 valence electrons. The van der Waals surface area contributed by atoms with Crippen molar-refractivity contribution in [1.82, 2.24) is 9.21 Å². The predicted octanol–water partition coefficient (Wildman–Crippen LogP) is 3.84. The van der Waals surface area contributed by atoms with Crippen LogP contribution in [0.3, 0.4) is 0 Å². The van der Waals surface area contributed by atoms with Gasteiger partial charge in [0.2, 0.25) is 10.0 Å². The van der Waals surface area contributed by atoms with Crippen LogP contribution in [0.2, 0.25) is 0 Å². The van der Waals surface area contributed by atoms with Crippen molar-refractivity contribution in [3.8, 4) is 0 Å². The fourth-order valence-electron chi connectivity index (χ4n) is 3.92. The average Bonchev–Trinajstić information content (AvgIpc) is 2.63. The minimum absolute atomic E-state index is 0.277. The molecule has 0 unspecified atom stereocenters. The van der Waals surface area contributed by atoms with Crippen LogP contribution in [0, 0.1) is 11.8 Å². The molecule has 4 nitrogen and oxygen atoms in total. The number of benzene rings is 1. The van der Waals surface area contributed by atoms with Gasteiger partial charge in [0.05, 0.1) is 10.5 Å². The number of halogens is 3. The lowest BCUT2D eigenvalue weighted by molar-refractivity contribution is -0.137. The largest absolute Gasteiger partial charge is 0.416 e. The normalized spacial score (nSPS) is 22.2. The molecule has 0 aromatic heterocycles. The van der Waals surface area contributed by atoms with E-state index in [-0.39, 0.29) is 4.90 Å². The quantitative estimate of drug-likeness (QED) is 0.766. The van der Waals surface area contributed by atoms with E-state index in [0.717, 1.165) is 56.6 Å². The van der Waals surface area contributed by atoms with Crippen LogP contribution in [0.4, 0.5) is 13.2 Å². The van der Waals surface area contributed by atoms with Crippen LogP contribution in [-0.4, -0.2) is 50.3 Å².